The van der Waals surface area contributed by atoms with Crippen LogP contribution < -0.4 is 16.8 Å². The molecule has 5 N–H and O–H groups in total. The van der Waals surface area contributed by atoms with Gasteiger partial charge in [-0.05, 0) is 17.7 Å². The summed E-state index contributed by atoms with van der Waals surface area (Å²) in [5, 5.41) is 3.63. The molecule has 1 amide bonds. The van der Waals surface area contributed by atoms with Crippen LogP contribution in [0.2, 0.25) is 0 Å². The first-order chi connectivity index (χ1) is 10.0. The van der Waals surface area contributed by atoms with Gasteiger partial charge in [-0.1, -0.05) is 6.92 Å². The first kappa shape index (κ1) is 15.0. The number of primary amides is 1. The van der Waals surface area contributed by atoms with Crippen molar-refractivity contribution in [2.24, 2.45) is 5.73 Å². The van der Waals surface area contributed by atoms with E-state index in [9.17, 15) is 9.59 Å². The summed E-state index contributed by atoms with van der Waals surface area (Å²) in [6.45, 7) is 2.23. The van der Waals surface area contributed by atoms with Crippen molar-refractivity contribution in [3.05, 3.63) is 40.5 Å². The zero-order valence-electron chi connectivity index (χ0n) is 11.6. The van der Waals surface area contributed by atoms with E-state index in [2.05, 4.69) is 10.3 Å². The van der Waals surface area contributed by atoms with E-state index in [1.54, 1.807) is 19.3 Å². The maximum atomic E-state index is 11.8. The van der Waals surface area contributed by atoms with Crippen molar-refractivity contribution in [1.82, 2.24) is 4.98 Å². The second-order valence-corrected chi connectivity index (χ2v) is 5.42. The topological polar surface area (TPSA) is 111 Å². The number of nitrogen functional groups attached to an aromatic ring is 1. The molecule has 0 radical (unpaired) electrons. The van der Waals surface area contributed by atoms with Gasteiger partial charge in [0.25, 0.3) is 5.91 Å². The van der Waals surface area contributed by atoms with Crippen LogP contribution in [0.15, 0.2) is 24.5 Å². The Bertz CT molecular complexity index is 667. The van der Waals surface area contributed by atoms with Crippen molar-refractivity contribution in [1.29, 1.82) is 0 Å². The number of hydrogen-bond donors (Lipinski definition) is 3. The second kappa shape index (κ2) is 6.36. The smallest absolute Gasteiger partial charge is 0.253 e. The molecular weight excluding hydrogens is 288 g/mol. The molecule has 0 spiro atoms. The molecule has 0 saturated heterocycles. The van der Waals surface area contributed by atoms with Gasteiger partial charge in [0.1, 0.15) is 5.00 Å². The molecule has 2 aromatic heterocycles. The Kier molecular flexibility index (Phi) is 4.54. The lowest BCUT2D eigenvalue weighted by Gasteiger charge is -2.05. The third kappa shape index (κ3) is 3.19. The van der Waals surface area contributed by atoms with E-state index in [0.717, 1.165) is 16.9 Å². The lowest BCUT2D eigenvalue weighted by molar-refractivity contribution is 0.0991. The second-order valence-electron chi connectivity index (χ2n) is 4.40. The van der Waals surface area contributed by atoms with Crippen molar-refractivity contribution < 1.29 is 9.59 Å². The lowest BCUT2D eigenvalue weighted by atomic mass is 10.1. The molecule has 0 atom stereocenters. The molecule has 0 aromatic carbocycles. The van der Waals surface area contributed by atoms with Crippen LogP contribution in [-0.2, 0) is 6.54 Å². The Hall–Kier alpha value is -2.41. The van der Waals surface area contributed by atoms with E-state index < -0.39 is 5.91 Å². The Labute approximate surface area is 126 Å². The normalized spacial score (nSPS) is 10.3. The number of amides is 1. The lowest BCUT2D eigenvalue weighted by Crippen LogP contribution is -2.15. The summed E-state index contributed by atoms with van der Waals surface area (Å²) in [5.74, 6) is -0.743. The monoisotopic (exact) mass is 304 g/mol. The van der Waals surface area contributed by atoms with E-state index in [1.807, 2.05) is 12.1 Å². The van der Waals surface area contributed by atoms with Gasteiger partial charge in [0.15, 0.2) is 5.78 Å². The van der Waals surface area contributed by atoms with E-state index in [-0.39, 0.29) is 17.0 Å². The average Bonchev–Trinajstić information content (AvgIpc) is 2.82. The molecule has 110 valence electrons. The summed E-state index contributed by atoms with van der Waals surface area (Å²) in [6.07, 6.45) is 3.69. The van der Waals surface area contributed by atoms with Gasteiger partial charge in [-0.15, -0.1) is 11.3 Å². The quantitative estimate of drug-likeness (QED) is 0.707. The highest BCUT2D eigenvalue weighted by Gasteiger charge is 2.23. The van der Waals surface area contributed by atoms with Crippen LogP contribution in [0.25, 0.3) is 0 Å². The molecule has 6 nitrogen and oxygen atoms in total. The van der Waals surface area contributed by atoms with Crippen molar-refractivity contribution in [2.75, 3.05) is 11.1 Å². The molecule has 0 saturated carbocycles. The van der Waals surface area contributed by atoms with Crippen molar-refractivity contribution >= 4 is 33.7 Å². The van der Waals surface area contributed by atoms with E-state index in [0.29, 0.717) is 22.8 Å². The molecule has 0 aliphatic heterocycles. The van der Waals surface area contributed by atoms with Crippen LogP contribution in [0.4, 0.5) is 10.7 Å². The predicted octanol–water partition coefficient (Wildman–Crippen LogP) is 2.03. The van der Waals surface area contributed by atoms with Crippen LogP contribution in [0.1, 0.15) is 38.9 Å². The van der Waals surface area contributed by atoms with Gasteiger partial charge >= 0.3 is 0 Å². The molecule has 2 heterocycles. The summed E-state index contributed by atoms with van der Waals surface area (Å²) >= 11 is 1.16. The third-order valence-corrected chi connectivity index (χ3v) is 4.17. The molecule has 0 bridgehead atoms. The SMILES string of the molecule is CCC(=O)c1sc(NCc2ccncc2)c(C(N)=O)c1N. The highest BCUT2D eigenvalue weighted by Crippen LogP contribution is 2.36. The van der Waals surface area contributed by atoms with Gasteiger partial charge < -0.3 is 16.8 Å². The molecule has 2 rings (SSSR count). The first-order valence-corrected chi connectivity index (χ1v) is 7.24. The number of nitrogens with one attached hydrogen (secondary N) is 1. The zero-order valence-corrected chi connectivity index (χ0v) is 12.4. The predicted molar refractivity (Wildman–Crippen MR) is 83.4 cm³/mol. The van der Waals surface area contributed by atoms with E-state index in [4.69, 9.17) is 11.5 Å². The summed E-state index contributed by atoms with van der Waals surface area (Å²) < 4.78 is 0. The number of nitrogens with zero attached hydrogens (tertiary/aromatic N) is 1. The number of hydrogen-bond acceptors (Lipinski definition) is 6. The number of rotatable bonds is 6. The van der Waals surface area contributed by atoms with Crippen molar-refractivity contribution in [3.63, 3.8) is 0 Å². The minimum absolute atomic E-state index is 0.100. The summed E-state index contributed by atoms with van der Waals surface area (Å²) in [6, 6.07) is 3.71. The largest absolute Gasteiger partial charge is 0.397 e. The maximum Gasteiger partial charge on any atom is 0.253 e. The van der Waals surface area contributed by atoms with Gasteiger partial charge in [-0.25, -0.2) is 0 Å². The molecule has 2 aromatic rings. The number of pyridine rings is 1. The average molecular weight is 304 g/mol. The number of anilines is 2. The van der Waals surface area contributed by atoms with E-state index >= 15 is 0 Å². The zero-order chi connectivity index (χ0) is 15.4. The fraction of sp³-hybridized carbons (Fsp3) is 0.214. The highest BCUT2D eigenvalue weighted by atomic mass is 32.1. The Balaban J connectivity index is 2.30. The summed E-state index contributed by atoms with van der Waals surface area (Å²) in [4.78, 5) is 27.7. The molecule has 0 aliphatic carbocycles. The van der Waals surface area contributed by atoms with Gasteiger partial charge in [-0.2, -0.15) is 0 Å². The molecule has 7 heteroatoms. The van der Waals surface area contributed by atoms with Gasteiger partial charge in [0.2, 0.25) is 0 Å². The van der Waals surface area contributed by atoms with Crippen LogP contribution >= 0.6 is 11.3 Å². The number of nitrogens with two attached hydrogens (primary N) is 2. The summed E-state index contributed by atoms with van der Waals surface area (Å²) in [5.41, 5.74) is 12.6. The molecule has 0 aliphatic rings. The number of ketones is 1. The first-order valence-electron chi connectivity index (χ1n) is 6.42. The van der Waals surface area contributed by atoms with Crippen molar-refractivity contribution in [2.45, 2.75) is 19.9 Å². The number of aromatic nitrogens is 1. The van der Waals surface area contributed by atoms with Gasteiger partial charge in [0.05, 0.1) is 16.1 Å². The van der Waals surface area contributed by atoms with Gasteiger partial charge in [0, 0.05) is 25.4 Å². The van der Waals surface area contributed by atoms with Gasteiger partial charge in [-0.3, -0.25) is 14.6 Å². The van der Waals surface area contributed by atoms with Crippen LogP contribution in [0.3, 0.4) is 0 Å². The number of thiophene rings is 1. The highest BCUT2D eigenvalue weighted by molar-refractivity contribution is 7.19. The number of Topliss-reactive ketones (excluding diaryl/α,β-unsaturated/α-hetero) is 1. The van der Waals surface area contributed by atoms with E-state index in [1.165, 1.54) is 0 Å². The standard InChI is InChI=1S/C14H16N4O2S/c1-2-9(19)12-11(15)10(13(16)20)14(21-12)18-7-8-3-5-17-6-4-8/h3-6,18H,2,7,15H2,1H3,(H2,16,20). The Morgan fingerprint density at radius 1 is 1.33 bits per heavy atom. The molecular formula is C14H16N4O2S. The fourth-order valence-electron chi connectivity index (χ4n) is 1.86. The Morgan fingerprint density at radius 2 is 2.00 bits per heavy atom. The van der Waals surface area contributed by atoms with Crippen LogP contribution in [0.5, 0.6) is 0 Å². The Morgan fingerprint density at radius 3 is 2.57 bits per heavy atom. The maximum absolute atomic E-state index is 11.8. The number of carbonyl (C=O) groups excluding carboxylic acids is 2. The van der Waals surface area contributed by atoms with Crippen molar-refractivity contribution in [3.8, 4) is 0 Å². The molecule has 0 unspecified atom stereocenters. The minimum Gasteiger partial charge on any atom is -0.397 e. The molecule has 21 heavy (non-hydrogen) atoms. The summed E-state index contributed by atoms with van der Waals surface area (Å²) in [7, 11) is 0. The number of carbonyl (C=O) groups is 2. The van der Waals surface area contributed by atoms with Crippen LogP contribution in [-0.4, -0.2) is 16.7 Å². The minimum atomic E-state index is -0.642. The molecule has 0 fully saturated rings. The third-order valence-electron chi connectivity index (χ3n) is 2.97. The fourth-order valence-corrected chi connectivity index (χ4v) is 2.99. The van der Waals surface area contributed by atoms with Crippen LogP contribution in [0, 0.1) is 0 Å².